The highest BCUT2D eigenvalue weighted by molar-refractivity contribution is 7.73. The molecule has 0 spiro atoms. The van der Waals surface area contributed by atoms with Crippen molar-refractivity contribution in [3.8, 4) is 0 Å². The summed E-state index contributed by atoms with van der Waals surface area (Å²) in [5, 5.41) is 5.76. The van der Waals surface area contributed by atoms with Gasteiger partial charge in [-0.1, -0.05) is 97.1 Å². The maximum atomic E-state index is 6.75. The van der Waals surface area contributed by atoms with Crippen LogP contribution in [0.2, 0.25) is 0 Å². The number of ether oxygens (including phenoxy) is 2. The first-order valence-corrected chi connectivity index (χ1v) is 16.9. The molecule has 0 bridgehead atoms. The van der Waals surface area contributed by atoms with Crippen molar-refractivity contribution in [3.63, 3.8) is 0 Å². The monoisotopic (exact) mass is 554 g/mol. The second kappa shape index (κ2) is 12.0. The molecule has 0 saturated carbocycles. The van der Waals surface area contributed by atoms with Gasteiger partial charge in [-0.25, -0.2) is 0 Å². The summed E-state index contributed by atoms with van der Waals surface area (Å²) < 4.78 is 13.5. The van der Waals surface area contributed by atoms with E-state index in [2.05, 4.69) is 139 Å². The Labute approximate surface area is 237 Å². The molecular formula is C35H40O2P2. The van der Waals surface area contributed by atoms with Crippen LogP contribution in [0, 0.1) is 27.7 Å². The molecule has 1 fully saturated rings. The standard InChI is InChI=1S/C35H40O2P2/c1-25-15-7-11-19-31(25)38(32-20-12-8-16-26(32)2)23-29-30(37-35(5,6)36-29)24-39(33-21-13-9-17-27(33)3)34-22-14-10-18-28(34)4/h7-22,29-30H,23-24H2,1-6H3. The van der Waals surface area contributed by atoms with Crippen molar-refractivity contribution >= 4 is 37.1 Å². The molecule has 1 aliphatic rings. The third-order valence-corrected chi connectivity index (χ3v) is 13.4. The van der Waals surface area contributed by atoms with Crippen molar-refractivity contribution in [1.82, 2.24) is 0 Å². The minimum absolute atomic E-state index is 0.0170. The third-order valence-electron chi connectivity index (χ3n) is 7.64. The Morgan fingerprint density at radius 3 is 1.00 bits per heavy atom. The minimum Gasteiger partial charge on any atom is -0.344 e. The van der Waals surface area contributed by atoms with Crippen molar-refractivity contribution in [1.29, 1.82) is 0 Å². The molecule has 0 radical (unpaired) electrons. The summed E-state index contributed by atoms with van der Waals surface area (Å²) in [6.07, 6.45) is 1.93. The summed E-state index contributed by atoms with van der Waals surface area (Å²) in [7, 11) is -1.23. The van der Waals surface area contributed by atoms with Gasteiger partial charge in [-0.2, -0.15) is 0 Å². The topological polar surface area (TPSA) is 18.5 Å². The number of rotatable bonds is 8. The SMILES string of the molecule is Cc1ccccc1P(CC1OC(C)(C)OC1CP(c1ccccc1C)c1ccccc1C)c1ccccc1C. The molecule has 39 heavy (non-hydrogen) atoms. The molecule has 5 rings (SSSR count). The average Bonchev–Trinajstić information content (AvgIpc) is 3.20. The van der Waals surface area contributed by atoms with Gasteiger partial charge < -0.3 is 9.47 Å². The van der Waals surface area contributed by atoms with Crippen LogP contribution in [0.5, 0.6) is 0 Å². The van der Waals surface area contributed by atoms with Gasteiger partial charge in [-0.05, 0) is 101 Å². The van der Waals surface area contributed by atoms with E-state index in [-0.39, 0.29) is 12.2 Å². The van der Waals surface area contributed by atoms with Gasteiger partial charge in [0.05, 0.1) is 12.2 Å². The average molecular weight is 555 g/mol. The molecule has 1 heterocycles. The molecule has 1 saturated heterocycles. The van der Waals surface area contributed by atoms with Crippen molar-refractivity contribution in [2.75, 3.05) is 12.3 Å². The molecule has 0 aliphatic carbocycles. The van der Waals surface area contributed by atoms with Gasteiger partial charge in [0.25, 0.3) is 0 Å². The fraction of sp³-hybridized carbons (Fsp3) is 0.314. The summed E-state index contributed by atoms with van der Waals surface area (Å²) in [6, 6.07) is 35.5. The zero-order valence-corrected chi connectivity index (χ0v) is 25.8. The Hall–Kier alpha value is -2.34. The first-order chi connectivity index (χ1) is 18.7. The van der Waals surface area contributed by atoms with Crippen LogP contribution in [0.15, 0.2) is 97.1 Å². The summed E-state index contributed by atoms with van der Waals surface area (Å²) in [6.45, 7) is 13.1. The predicted octanol–water partition coefficient (Wildman–Crippen LogP) is 7.01. The maximum absolute atomic E-state index is 6.75. The highest BCUT2D eigenvalue weighted by atomic mass is 31.1. The molecule has 0 aromatic heterocycles. The lowest BCUT2D eigenvalue weighted by atomic mass is 10.2. The van der Waals surface area contributed by atoms with Crippen molar-refractivity contribution in [3.05, 3.63) is 119 Å². The van der Waals surface area contributed by atoms with E-state index in [1.54, 1.807) is 0 Å². The van der Waals surface area contributed by atoms with E-state index in [4.69, 9.17) is 9.47 Å². The molecule has 202 valence electrons. The number of aryl methyl sites for hydroxylation is 4. The molecule has 4 aromatic rings. The van der Waals surface area contributed by atoms with Crippen LogP contribution in [0.25, 0.3) is 0 Å². The molecule has 1 aliphatic heterocycles. The molecule has 4 aromatic carbocycles. The molecule has 4 heteroatoms. The maximum Gasteiger partial charge on any atom is 0.163 e. The van der Waals surface area contributed by atoms with E-state index in [1.165, 1.54) is 43.5 Å². The normalized spacial score (nSPS) is 18.7. The van der Waals surface area contributed by atoms with E-state index in [0.717, 1.165) is 12.3 Å². The molecular weight excluding hydrogens is 514 g/mol. The number of benzene rings is 4. The first kappa shape index (κ1) is 28.2. The Morgan fingerprint density at radius 1 is 0.487 bits per heavy atom. The molecule has 2 unspecified atom stereocenters. The van der Waals surface area contributed by atoms with Gasteiger partial charge >= 0.3 is 0 Å². The van der Waals surface area contributed by atoms with E-state index in [9.17, 15) is 0 Å². The quantitative estimate of drug-likeness (QED) is 0.218. The van der Waals surface area contributed by atoms with Crippen molar-refractivity contribution < 1.29 is 9.47 Å². The second-order valence-electron chi connectivity index (χ2n) is 11.1. The zero-order chi connectivity index (χ0) is 27.6. The number of hydrogen-bond acceptors (Lipinski definition) is 2. The largest absolute Gasteiger partial charge is 0.344 e. The summed E-state index contributed by atoms with van der Waals surface area (Å²) in [5.74, 6) is -0.605. The molecule has 0 amide bonds. The van der Waals surface area contributed by atoms with Gasteiger partial charge in [0.15, 0.2) is 5.79 Å². The van der Waals surface area contributed by atoms with Crippen LogP contribution in [0.4, 0.5) is 0 Å². The van der Waals surface area contributed by atoms with Gasteiger partial charge in [-0.15, -0.1) is 0 Å². The lowest BCUT2D eigenvalue weighted by Gasteiger charge is -2.29. The van der Waals surface area contributed by atoms with E-state index in [0.29, 0.717) is 0 Å². The van der Waals surface area contributed by atoms with Gasteiger partial charge in [0.1, 0.15) is 0 Å². The fourth-order valence-corrected chi connectivity index (χ4v) is 11.4. The number of hydrogen-bond donors (Lipinski definition) is 0. The minimum atomic E-state index is -0.615. The lowest BCUT2D eigenvalue weighted by molar-refractivity contribution is -0.142. The van der Waals surface area contributed by atoms with Crippen molar-refractivity contribution in [2.45, 2.75) is 59.5 Å². The third kappa shape index (κ3) is 6.37. The lowest BCUT2D eigenvalue weighted by Crippen LogP contribution is -2.34. The van der Waals surface area contributed by atoms with Crippen LogP contribution >= 0.6 is 15.8 Å². The van der Waals surface area contributed by atoms with Crippen LogP contribution in [-0.4, -0.2) is 30.3 Å². The fourth-order valence-electron chi connectivity index (χ4n) is 5.70. The highest BCUT2D eigenvalue weighted by Crippen LogP contribution is 2.45. The van der Waals surface area contributed by atoms with Gasteiger partial charge in [0, 0.05) is 12.3 Å². The van der Waals surface area contributed by atoms with E-state index < -0.39 is 21.6 Å². The summed E-state index contributed by atoms with van der Waals surface area (Å²) >= 11 is 0. The Bertz CT molecular complexity index is 1230. The van der Waals surface area contributed by atoms with Crippen LogP contribution < -0.4 is 21.2 Å². The second-order valence-corrected chi connectivity index (χ2v) is 15.4. The van der Waals surface area contributed by atoms with Gasteiger partial charge in [0.2, 0.25) is 0 Å². The Kier molecular flexibility index (Phi) is 8.70. The summed E-state index contributed by atoms with van der Waals surface area (Å²) in [4.78, 5) is 0. The summed E-state index contributed by atoms with van der Waals surface area (Å²) in [5.41, 5.74) is 5.40. The Balaban J connectivity index is 1.53. The van der Waals surface area contributed by atoms with E-state index >= 15 is 0 Å². The highest BCUT2D eigenvalue weighted by Gasteiger charge is 2.44. The zero-order valence-electron chi connectivity index (χ0n) is 24.0. The molecule has 2 nitrogen and oxygen atoms in total. The van der Waals surface area contributed by atoms with Crippen LogP contribution in [-0.2, 0) is 9.47 Å². The van der Waals surface area contributed by atoms with E-state index in [1.807, 2.05) is 0 Å². The van der Waals surface area contributed by atoms with Crippen molar-refractivity contribution in [2.24, 2.45) is 0 Å². The molecule has 0 N–H and O–H groups in total. The van der Waals surface area contributed by atoms with Gasteiger partial charge in [-0.3, -0.25) is 0 Å². The van der Waals surface area contributed by atoms with Crippen LogP contribution in [0.1, 0.15) is 36.1 Å². The molecule has 2 atom stereocenters. The van der Waals surface area contributed by atoms with Crippen LogP contribution in [0.3, 0.4) is 0 Å². The first-order valence-electron chi connectivity index (χ1n) is 13.9. The smallest absolute Gasteiger partial charge is 0.163 e. The Morgan fingerprint density at radius 2 is 0.744 bits per heavy atom. The predicted molar refractivity (Wildman–Crippen MR) is 171 cm³/mol.